The minimum atomic E-state index is -1.41. The molecule has 2 rings (SSSR count). The fourth-order valence-electron chi connectivity index (χ4n) is 1.97. The van der Waals surface area contributed by atoms with Crippen molar-refractivity contribution in [1.82, 2.24) is 0 Å². The zero-order valence-corrected chi connectivity index (χ0v) is 10.1. The highest BCUT2D eigenvalue weighted by Crippen LogP contribution is 2.29. The number of Topliss-reactive ketones (excluding diaryl/α,β-unsaturated/α-hetero) is 1. The van der Waals surface area contributed by atoms with Gasteiger partial charge in [-0.1, -0.05) is 6.07 Å². The van der Waals surface area contributed by atoms with Crippen LogP contribution < -0.4 is 4.74 Å². The average Bonchev–Trinajstić information content (AvgIpc) is 2.37. The third kappa shape index (κ3) is 2.91. The fourth-order valence-corrected chi connectivity index (χ4v) is 1.97. The van der Waals surface area contributed by atoms with Crippen LogP contribution in [0.2, 0.25) is 0 Å². The maximum absolute atomic E-state index is 11.6. The lowest BCUT2D eigenvalue weighted by molar-refractivity contribution is -0.141. The van der Waals surface area contributed by atoms with Gasteiger partial charge in [-0.3, -0.25) is 9.59 Å². The van der Waals surface area contributed by atoms with Crippen LogP contribution in [0, 0.1) is 0 Å². The Bertz CT molecular complexity index is 510. The molecule has 0 saturated heterocycles. The van der Waals surface area contributed by atoms with Gasteiger partial charge in [0.2, 0.25) is 0 Å². The number of rotatable bonds is 4. The lowest BCUT2D eigenvalue weighted by Gasteiger charge is -2.20. The number of hydrogen-bond donors (Lipinski definition) is 3. The molecule has 1 heterocycles. The molecule has 102 valence electrons. The van der Waals surface area contributed by atoms with E-state index >= 15 is 0 Å². The first-order valence-electron chi connectivity index (χ1n) is 5.87. The standard InChI is InChI=1S/C13H14O6/c14-9-3-4-19-11-5-7(1-2-8(9)11)13(18)10(15)6-12(16)17/h1-2,5,10,13,15,18H,3-4,6H2,(H,16,17). The van der Waals surface area contributed by atoms with Crippen LogP contribution in [-0.4, -0.2) is 39.8 Å². The summed E-state index contributed by atoms with van der Waals surface area (Å²) < 4.78 is 5.32. The van der Waals surface area contributed by atoms with Gasteiger partial charge in [-0.05, 0) is 17.7 Å². The predicted molar refractivity (Wildman–Crippen MR) is 64.1 cm³/mol. The van der Waals surface area contributed by atoms with Crippen molar-refractivity contribution in [2.75, 3.05) is 6.61 Å². The van der Waals surface area contributed by atoms with Crippen LogP contribution in [0.4, 0.5) is 0 Å². The van der Waals surface area contributed by atoms with Gasteiger partial charge in [-0.25, -0.2) is 0 Å². The number of carbonyl (C=O) groups is 2. The Morgan fingerprint density at radius 1 is 1.37 bits per heavy atom. The van der Waals surface area contributed by atoms with Crippen LogP contribution in [0.5, 0.6) is 5.75 Å². The van der Waals surface area contributed by atoms with E-state index in [0.717, 1.165) is 0 Å². The molecule has 0 aromatic heterocycles. The number of benzene rings is 1. The number of carboxylic acids is 1. The van der Waals surface area contributed by atoms with Gasteiger partial charge >= 0.3 is 5.97 Å². The fraction of sp³-hybridized carbons (Fsp3) is 0.385. The normalized spacial score (nSPS) is 17.3. The van der Waals surface area contributed by atoms with E-state index in [-0.39, 0.29) is 12.4 Å². The topological polar surface area (TPSA) is 104 Å². The molecule has 6 heteroatoms. The molecule has 0 spiro atoms. The molecule has 0 bridgehead atoms. The van der Waals surface area contributed by atoms with Crippen molar-refractivity contribution < 1.29 is 29.6 Å². The van der Waals surface area contributed by atoms with Crippen LogP contribution >= 0.6 is 0 Å². The van der Waals surface area contributed by atoms with Crippen molar-refractivity contribution in [3.63, 3.8) is 0 Å². The number of aliphatic hydroxyl groups is 2. The molecular weight excluding hydrogens is 252 g/mol. The molecule has 0 amide bonds. The van der Waals surface area contributed by atoms with Crippen LogP contribution in [0.3, 0.4) is 0 Å². The molecule has 2 unspecified atom stereocenters. The summed E-state index contributed by atoms with van der Waals surface area (Å²) in [5, 5.41) is 28.0. The first kappa shape index (κ1) is 13.5. The smallest absolute Gasteiger partial charge is 0.306 e. The third-order valence-corrected chi connectivity index (χ3v) is 2.98. The number of ether oxygens (including phenoxy) is 1. The molecular formula is C13H14O6. The molecule has 1 aliphatic rings. The maximum atomic E-state index is 11.6. The summed E-state index contributed by atoms with van der Waals surface area (Å²) in [5.41, 5.74) is 0.761. The van der Waals surface area contributed by atoms with E-state index in [4.69, 9.17) is 9.84 Å². The second-order valence-electron chi connectivity index (χ2n) is 4.39. The van der Waals surface area contributed by atoms with Crippen LogP contribution in [0.1, 0.15) is 34.9 Å². The number of ketones is 1. The highest BCUT2D eigenvalue weighted by atomic mass is 16.5. The van der Waals surface area contributed by atoms with Crippen LogP contribution in [0.25, 0.3) is 0 Å². The number of aliphatic hydroxyl groups excluding tert-OH is 2. The molecule has 0 aliphatic carbocycles. The van der Waals surface area contributed by atoms with Gasteiger partial charge in [0.1, 0.15) is 11.9 Å². The lowest BCUT2D eigenvalue weighted by Crippen LogP contribution is -2.22. The van der Waals surface area contributed by atoms with E-state index in [1.165, 1.54) is 18.2 Å². The van der Waals surface area contributed by atoms with E-state index < -0.39 is 24.6 Å². The first-order chi connectivity index (χ1) is 8.99. The van der Waals surface area contributed by atoms with Crippen molar-refractivity contribution >= 4 is 11.8 Å². The van der Waals surface area contributed by atoms with Crippen molar-refractivity contribution in [1.29, 1.82) is 0 Å². The van der Waals surface area contributed by atoms with Crippen LogP contribution in [-0.2, 0) is 4.79 Å². The van der Waals surface area contributed by atoms with E-state index in [1.807, 2.05) is 0 Å². The van der Waals surface area contributed by atoms with Gasteiger partial charge in [0.15, 0.2) is 5.78 Å². The zero-order valence-electron chi connectivity index (χ0n) is 10.1. The first-order valence-corrected chi connectivity index (χ1v) is 5.87. The van der Waals surface area contributed by atoms with Crippen LogP contribution in [0.15, 0.2) is 18.2 Å². The Hall–Kier alpha value is -1.92. The molecule has 0 fully saturated rings. The molecule has 0 radical (unpaired) electrons. The third-order valence-electron chi connectivity index (χ3n) is 2.98. The number of fused-ring (bicyclic) bond motifs is 1. The summed E-state index contributed by atoms with van der Waals surface area (Å²) in [6.45, 7) is 0.281. The quantitative estimate of drug-likeness (QED) is 0.734. The monoisotopic (exact) mass is 266 g/mol. The average molecular weight is 266 g/mol. The minimum Gasteiger partial charge on any atom is -0.492 e. The van der Waals surface area contributed by atoms with Crippen molar-refractivity contribution in [3.05, 3.63) is 29.3 Å². The summed E-state index contributed by atoms with van der Waals surface area (Å²) >= 11 is 0. The SMILES string of the molecule is O=C(O)CC(O)C(O)c1ccc2c(c1)OCCC2=O. The molecule has 19 heavy (non-hydrogen) atoms. The molecule has 1 aromatic carbocycles. The predicted octanol–water partition coefficient (Wildman–Crippen LogP) is 0.521. The highest BCUT2D eigenvalue weighted by molar-refractivity contribution is 5.99. The maximum Gasteiger partial charge on any atom is 0.306 e. The summed E-state index contributed by atoms with van der Waals surface area (Å²) in [4.78, 5) is 22.1. The van der Waals surface area contributed by atoms with E-state index in [0.29, 0.717) is 23.3 Å². The Balaban J connectivity index is 2.21. The molecule has 1 aliphatic heterocycles. The molecule has 6 nitrogen and oxygen atoms in total. The van der Waals surface area contributed by atoms with Crippen molar-refractivity contribution in [2.45, 2.75) is 25.0 Å². The van der Waals surface area contributed by atoms with Gasteiger partial charge < -0.3 is 20.1 Å². The highest BCUT2D eigenvalue weighted by Gasteiger charge is 2.24. The summed E-state index contributed by atoms with van der Waals surface area (Å²) in [6.07, 6.45) is -2.98. The largest absolute Gasteiger partial charge is 0.492 e. The lowest BCUT2D eigenvalue weighted by atomic mass is 9.97. The van der Waals surface area contributed by atoms with Gasteiger partial charge in [-0.15, -0.1) is 0 Å². The van der Waals surface area contributed by atoms with E-state index in [9.17, 15) is 19.8 Å². The Morgan fingerprint density at radius 2 is 2.11 bits per heavy atom. The summed E-state index contributed by atoms with van der Waals surface area (Å²) in [7, 11) is 0. The summed E-state index contributed by atoms with van der Waals surface area (Å²) in [6, 6.07) is 4.46. The number of hydrogen-bond acceptors (Lipinski definition) is 5. The van der Waals surface area contributed by atoms with Gasteiger partial charge in [0.25, 0.3) is 0 Å². The Labute approximate surface area is 109 Å². The number of carbonyl (C=O) groups excluding carboxylic acids is 1. The van der Waals surface area contributed by atoms with E-state index in [1.54, 1.807) is 0 Å². The molecule has 1 aromatic rings. The van der Waals surface area contributed by atoms with Crippen molar-refractivity contribution in [3.8, 4) is 5.75 Å². The molecule has 2 atom stereocenters. The van der Waals surface area contributed by atoms with Gasteiger partial charge in [0, 0.05) is 6.42 Å². The Kier molecular flexibility index (Phi) is 3.82. The Morgan fingerprint density at radius 3 is 2.79 bits per heavy atom. The molecule has 3 N–H and O–H groups in total. The van der Waals surface area contributed by atoms with Gasteiger partial charge in [0.05, 0.1) is 24.7 Å². The van der Waals surface area contributed by atoms with Gasteiger partial charge in [-0.2, -0.15) is 0 Å². The summed E-state index contributed by atoms with van der Waals surface area (Å²) in [5.74, 6) is -0.875. The second-order valence-corrected chi connectivity index (χ2v) is 4.39. The molecule has 0 saturated carbocycles. The van der Waals surface area contributed by atoms with E-state index in [2.05, 4.69) is 0 Å². The number of aliphatic carboxylic acids is 1. The zero-order chi connectivity index (χ0) is 14.0. The second kappa shape index (κ2) is 5.38. The van der Waals surface area contributed by atoms with Crippen molar-refractivity contribution in [2.24, 2.45) is 0 Å². The number of carboxylic acid groups (broad SMARTS) is 1. The minimum absolute atomic E-state index is 0.0339.